The van der Waals surface area contributed by atoms with E-state index >= 15 is 0 Å². The molecule has 0 spiro atoms. The SMILES string of the molecule is Cc1cc(C2CCCCC2)c(-c2cnn(-c3cccc(Oc4ccc5c6ccccc6n(-c6cc(F)ccn6)c5c4)c3)c2)c(C2CCCCC2)c1. The van der Waals surface area contributed by atoms with Gasteiger partial charge in [-0.2, -0.15) is 5.10 Å². The second-order valence-corrected chi connectivity index (χ2v) is 14.6. The Bertz CT molecular complexity index is 2320. The fourth-order valence-electron chi connectivity index (χ4n) is 8.84. The first-order chi connectivity index (χ1) is 25.1. The van der Waals surface area contributed by atoms with E-state index in [1.54, 1.807) is 0 Å². The first-order valence-electron chi connectivity index (χ1n) is 18.7. The highest BCUT2D eigenvalue weighted by molar-refractivity contribution is 6.09. The van der Waals surface area contributed by atoms with Crippen molar-refractivity contribution in [3.05, 3.63) is 132 Å². The molecule has 6 heteroatoms. The molecule has 4 aromatic carbocycles. The van der Waals surface area contributed by atoms with Crippen LogP contribution >= 0.6 is 0 Å². The van der Waals surface area contributed by atoms with Crippen molar-refractivity contribution in [1.82, 2.24) is 19.3 Å². The summed E-state index contributed by atoms with van der Waals surface area (Å²) in [6, 6.07) is 30.1. The van der Waals surface area contributed by atoms with Gasteiger partial charge >= 0.3 is 0 Å². The van der Waals surface area contributed by atoms with Gasteiger partial charge in [-0.3, -0.25) is 4.57 Å². The van der Waals surface area contributed by atoms with E-state index in [9.17, 15) is 4.39 Å². The van der Waals surface area contributed by atoms with E-state index < -0.39 is 0 Å². The Hall–Kier alpha value is -5.23. The van der Waals surface area contributed by atoms with Crippen molar-refractivity contribution in [2.75, 3.05) is 0 Å². The molecule has 0 saturated heterocycles. The van der Waals surface area contributed by atoms with E-state index in [0.29, 0.717) is 23.4 Å². The number of benzene rings is 4. The molecule has 0 aliphatic heterocycles. The van der Waals surface area contributed by atoms with Crippen molar-refractivity contribution in [2.45, 2.75) is 83.0 Å². The minimum atomic E-state index is -0.324. The fraction of sp³-hybridized carbons (Fsp3) is 0.289. The lowest BCUT2D eigenvalue weighted by molar-refractivity contribution is 0.436. The van der Waals surface area contributed by atoms with E-state index in [1.165, 1.54) is 110 Å². The standard InChI is InChI=1S/C45H43FN4O/c1-30-23-40(31-11-4-2-5-12-31)45(41(24-30)32-13-6-3-7-14-32)33-28-48-49(29-33)35-15-10-16-36(26-35)51-37-19-20-39-38-17-8-9-18-42(38)50(43(39)27-37)44-25-34(46)21-22-47-44/h8-10,15-29,31-32H,2-7,11-14H2,1H3. The molecule has 0 atom stereocenters. The maximum atomic E-state index is 14.3. The van der Waals surface area contributed by atoms with Gasteiger partial charge in [-0.1, -0.05) is 80.5 Å². The highest BCUT2D eigenvalue weighted by Crippen LogP contribution is 2.45. The predicted octanol–water partition coefficient (Wildman–Crippen LogP) is 12.4. The molecular formula is C45H43FN4O. The maximum Gasteiger partial charge on any atom is 0.140 e. The van der Waals surface area contributed by atoms with E-state index in [4.69, 9.17) is 9.84 Å². The number of fused-ring (bicyclic) bond motifs is 3. The van der Waals surface area contributed by atoms with E-state index in [0.717, 1.165) is 33.2 Å². The van der Waals surface area contributed by atoms with Crippen molar-refractivity contribution in [3.8, 4) is 34.1 Å². The van der Waals surface area contributed by atoms with Gasteiger partial charge in [0.15, 0.2) is 0 Å². The minimum Gasteiger partial charge on any atom is -0.457 e. The Balaban J connectivity index is 1.07. The van der Waals surface area contributed by atoms with Crippen LogP contribution < -0.4 is 4.74 Å². The highest BCUT2D eigenvalue weighted by Gasteiger charge is 2.27. The van der Waals surface area contributed by atoms with Crippen LogP contribution in [0.4, 0.5) is 4.39 Å². The number of aromatic nitrogens is 4. The third-order valence-corrected chi connectivity index (χ3v) is 11.2. The number of para-hydroxylation sites is 1. The van der Waals surface area contributed by atoms with Crippen LogP contribution in [0.3, 0.4) is 0 Å². The summed E-state index contributed by atoms with van der Waals surface area (Å²) in [5, 5.41) is 7.07. The molecule has 2 saturated carbocycles. The van der Waals surface area contributed by atoms with Crippen molar-refractivity contribution in [1.29, 1.82) is 0 Å². The largest absolute Gasteiger partial charge is 0.457 e. The van der Waals surface area contributed by atoms with Crippen molar-refractivity contribution in [3.63, 3.8) is 0 Å². The highest BCUT2D eigenvalue weighted by atomic mass is 19.1. The Morgan fingerprint density at radius 1 is 0.686 bits per heavy atom. The Morgan fingerprint density at radius 2 is 1.39 bits per heavy atom. The van der Waals surface area contributed by atoms with Crippen LogP contribution in [-0.2, 0) is 0 Å². The molecule has 0 radical (unpaired) electrons. The van der Waals surface area contributed by atoms with Crippen LogP contribution in [-0.4, -0.2) is 19.3 Å². The van der Waals surface area contributed by atoms with Crippen LogP contribution in [0.25, 0.3) is 44.4 Å². The number of rotatable bonds is 7. The number of halogens is 1. The van der Waals surface area contributed by atoms with Gasteiger partial charge in [-0.15, -0.1) is 0 Å². The zero-order valence-corrected chi connectivity index (χ0v) is 29.2. The molecule has 0 unspecified atom stereocenters. The molecule has 51 heavy (non-hydrogen) atoms. The fourth-order valence-corrected chi connectivity index (χ4v) is 8.84. The van der Waals surface area contributed by atoms with Crippen LogP contribution in [0.5, 0.6) is 11.5 Å². The van der Waals surface area contributed by atoms with Crippen LogP contribution in [0.15, 0.2) is 110 Å². The molecule has 9 rings (SSSR count). The Morgan fingerprint density at radius 3 is 2.14 bits per heavy atom. The average Bonchev–Trinajstić information content (AvgIpc) is 3.79. The normalized spacial score (nSPS) is 15.9. The zero-order valence-electron chi connectivity index (χ0n) is 29.2. The zero-order chi connectivity index (χ0) is 34.3. The lowest BCUT2D eigenvalue weighted by Crippen LogP contribution is -2.11. The van der Waals surface area contributed by atoms with E-state index in [-0.39, 0.29) is 5.82 Å². The molecule has 5 nitrogen and oxygen atoms in total. The lowest BCUT2D eigenvalue weighted by Gasteiger charge is -2.30. The van der Waals surface area contributed by atoms with Gasteiger partial charge in [0.2, 0.25) is 0 Å². The Kier molecular flexibility index (Phi) is 8.39. The number of nitrogens with zero attached hydrogens (tertiary/aromatic N) is 4. The molecule has 256 valence electrons. The van der Waals surface area contributed by atoms with Crippen molar-refractivity contribution < 1.29 is 9.13 Å². The summed E-state index contributed by atoms with van der Waals surface area (Å²) in [5.74, 6) is 2.84. The summed E-state index contributed by atoms with van der Waals surface area (Å²) in [6.07, 6.45) is 18.9. The molecule has 0 amide bonds. The van der Waals surface area contributed by atoms with Gasteiger partial charge < -0.3 is 4.74 Å². The summed E-state index contributed by atoms with van der Waals surface area (Å²) in [5.41, 5.74) is 9.93. The van der Waals surface area contributed by atoms with Crippen molar-refractivity contribution in [2.24, 2.45) is 0 Å². The average molecular weight is 675 g/mol. The number of hydrogen-bond acceptors (Lipinski definition) is 3. The number of pyridine rings is 1. The second kappa shape index (κ2) is 13.5. The molecule has 0 N–H and O–H groups in total. The number of aryl methyl sites for hydroxylation is 1. The van der Waals surface area contributed by atoms with Gasteiger partial charge in [0.05, 0.1) is 22.9 Å². The van der Waals surface area contributed by atoms with Gasteiger partial charge in [-0.05, 0) is 97.5 Å². The molecule has 2 aliphatic rings. The van der Waals surface area contributed by atoms with Crippen LogP contribution in [0.1, 0.15) is 92.7 Å². The molecule has 3 aromatic heterocycles. The number of hydrogen-bond donors (Lipinski definition) is 0. The van der Waals surface area contributed by atoms with E-state index in [1.807, 2.05) is 57.8 Å². The van der Waals surface area contributed by atoms with Crippen molar-refractivity contribution >= 4 is 21.8 Å². The summed E-state index contributed by atoms with van der Waals surface area (Å²) in [6.45, 7) is 2.28. The van der Waals surface area contributed by atoms with Crippen LogP contribution in [0, 0.1) is 12.7 Å². The van der Waals surface area contributed by atoms with Gasteiger partial charge in [0.1, 0.15) is 23.1 Å². The molecule has 2 fully saturated rings. The third kappa shape index (κ3) is 6.11. The van der Waals surface area contributed by atoms with E-state index in [2.05, 4.69) is 54.6 Å². The molecule has 7 aromatic rings. The summed E-state index contributed by atoms with van der Waals surface area (Å²) >= 11 is 0. The Labute approximate surface area is 298 Å². The van der Waals surface area contributed by atoms with Gasteiger partial charge in [-0.25, -0.2) is 14.1 Å². The second-order valence-electron chi connectivity index (χ2n) is 14.6. The summed E-state index contributed by atoms with van der Waals surface area (Å²) in [4.78, 5) is 4.51. The van der Waals surface area contributed by atoms with Gasteiger partial charge in [0.25, 0.3) is 0 Å². The van der Waals surface area contributed by atoms with Gasteiger partial charge in [0, 0.05) is 46.9 Å². The first-order valence-corrected chi connectivity index (χ1v) is 18.7. The molecule has 0 bridgehead atoms. The first kappa shape index (κ1) is 31.7. The number of ether oxygens (including phenoxy) is 1. The maximum absolute atomic E-state index is 14.3. The predicted molar refractivity (Wildman–Crippen MR) is 204 cm³/mol. The molecule has 2 aliphatic carbocycles. The lowest BCUT2D eigenvalue weighted by atomic mass is 9.75. The summed E-state index contributed by atoms with van der Waals surface area (Å²) < 4.78 is 24.8. The summed E-state index contributed by atoms with van der Waals surface area (Å²) in [7, 11) is 0. The van der Waals surface area contributed by atoms with Crippen LogP contribution in [0.2, 0.25) is 0 Å². The topological polar surface area (TPSA) is 44.9 Å². The minimum absolute atomic E-state index is 0.324. The molecule has 3 heterocycles. The third-order valence-electron chi connectivity index (χ3n) is 11.2. The molecular weight excluding hydrogens is 632 g/mol. The smallest absolute Gasteiger partial charge is 0.140 e. The quantitative estimate of drug-likeness (QED) is 0.169. The monoisotopic (exact) mass is 674 g/mol.